The summed E-state index contributed by atoms with van der Waals surface area (Å²) in [4.78, 5) is 18.1. The van der Waals surface area contributed by atoms with Crippen LogP contribution in [-0.4, -0.2) is 30.4 Å². The third-order valence-corrected chi connectivity index (χ3v) is 3.99. The van der Waals surface area contributed by atoms with Gasteiger partial charge in [0, 0.05) is 25.7 Å². The maximum absolute atomic E-state index is 11.3. The van der Waals surface area contributed by atoms with Crippen molar-refractivity contribution in [3.63, 3.8) is 0 Å². The van der Waals surface area contributed by atoms with E-state index in [1.807, 2.05) is 32.2 Å². The third kappa shape index (κ3) is 6.33. The summed E-state index contributed by atoms with van der Waals surface area (Å²) in [5.74, 6) is 0.407. The van der Waals surface area contributed by atoms with Crippen LogP contribution >= 0.6 is 24.0 Å². The molecule has 0 aliphatic carbocycles. The average Bonchev–Trinajstić information content (AvgIpc) is 2.60. The predicted molar refractivity (Wildman–Crippen MR) is 118 cm³/mol. The first kappa shape index (κ1) is 22.0. The molecule has 0 radical (unpaired) electrons. The van der Waals surface area contributed by atoms with E-state index >= 15 is 0 Å². The van der Waals surface area contributed by atoms with Crippen molar-refractivity contribution in [2.75, 3.05) is 13.6 Å². The van der Waals surface area contributed by atoms with Crippen molar-refractivity contribution in [3.8, 4) is 0 Å². The highest BCUT2D eigenvalue weighted by atomic mass is 127. The first-order valence-electron chi connectivity index (χ1n) is 8.44. The molecule has 0 aliphatic rings. The molecule has 2 rings (SSSR count). The number of nitrogens with one attached hydrogen (secondary N) is 1. The first-order valence-corrected chi connectivity index (χ1v) is 8.44. The number of nitrogens with two attached hydrogens (primary N) is 1. The Kier molecular flexibility index (Phi) is 9.12. The number of nitrogens with zero attached hydrogens (tertiary/aromatic N) is 2. The number of hydrogen-bond donors (Lipinski definition) is 2. The van der Waals surface area contributed by atoms with Crippen molar-refractivity contribution in [2.45, 2.75) is 26.9 Å². The smallest absolute Gasteiger partial charge is 0.248 e. The molecule has 0 bridgehead atoms. The van der Waals surface area contributed by atoms with Crippen molar-refractivity contribution in [1.29, 1.82) is 0 Å². The second-order valence-corrected chi connectivity index (χ2v) is 6.02. The standard InChI is InChI=1S/C20H26N4O.HI/c1-4-22-20(24(3)14-18-10-6-5-8-15(18)2)23-13-16-9-7-11-17(12-16)19(21)25;/h5-12H,4,13-14H2,1-3H3,(H2,21,25)(H,22,23);1H. The Morgan fingerprint density at radius 2 is 1.92 bits per heavy atom. The summed E-state index contributed by atoms with van der Waals surface area (Å²) in [6, 6.07) is 15.6. The molecule has 5 nitrogen and oxygen atoms in total. The maximum Gasteiger partial charge on any atom is 0.248 e. The van der Waals surface area contributed by atoms with Gasteiger partial charge < -0.3 is 16.0 Å². The van der Waals surface area contributed by atoms with Gasteiger partial charge in [0.25, 0.3) is 0 Å². The van der Waals surface area contributed by atoms with Gasteiger partial charge in [-0.3, -0.25) is 4.79 Å². The van der Waals surface area contributed by atoms with E-state index in [9.17, 15) is 4.79 Å². The second-order valence-electron chi connectivity index (χ2n) is 6.02. The van der Waals surface area contributed by atoms with E-state index in [4.69, 9.17) is 5.73 Å². The SMILES string of the molecule is CCNC(=NCc1cccc(C(N)=O)c1)N(C)Cc1ccccc1C.I. The number of carbonyl (C=O) groups excluding carboxylic acids is 1. The van der Waals surface area contributed by atoms with Gasteiger partial charge in [-0.1, -0.05) is 36.4 Å². The van der Waals surface area contributed by atoms with E-state index in [-0.39, 0.29) is 24.0 Å². The number of amides is 1. The molecule has 0 heterocycles. The van der Waals surface area contributed by atoms with Crippen LogP contribution < -0.4 is 11.1 Å². The Balaban J connectivity index is 0.00000338. The number of aliphatic imine (C=N–C) groups is 1. The molecule has 26 heavy (non-hydrogen) atoms. The van der Waals surface area contributed by atoms with Crippen molar-refractivity contribution < 1.29 is 4.79 Å². The number of rotatable bonds is 6. The number of benzene rings is 2. The summed E-state index contributed by atoms with van der Waals surface area (Å²) in [6.07, 6.45) is 0. The molecule has 0 saturated heterocycles. The number of aryl methyl sites for hydroxylation is 1. The Hall–Kier alpha value is -2.09. The van der Waals surface area contributed by atoms with Crippen molar-refractivity contribution >= 4 is 35.8 Å². The van der Waals surface area contributed by atoms with Crippen molar-refractivity contribution in [1.82, 2.24) is 10.2 Å². The molecule has 0 spiro atoms. The minimum Gasteiger partial charge on any atom is -0.366 e. The summed E-state index contributed by atoms with van der Waals surface area (Å²) in [7, 11) is 2.02. The normalized spacial score (nSPS) is 10.8. The summed E-state index contributed by atoms with van der Waals surface area (Å²) in [5, 5.41) is 3.31. The minimum absolute atomic E-state index is 0. The molecule has 6 heteroatoms. The molecule has 0 saturated carbocycles. The van der Waals surface area contributed by atoms with Crippen LogP contribution in [0.2, 0.25) is 0 Å². The number of hydrogen-bond acceptors (Lipinski definition) is 2. The van der Waals surface area contributed by atoms with Gasteiger partial charge in [-0.2, -0.15) is 0 Å². The van der Waals surface area contributed by atoms with Crippen LogP contribution in [0.15, 0.2) is 53.5 Å². The summed E-state index contributed by atoms with van der Waals surface area (Å²) in [5.41, 5.74) is 9.33. The molecule has 0 aliphatic heterocycles. The molecule has 1 amide bonds. The van der Waals surface area contributed by atoms with Crippen molar-refractivity contribution in [2.24, 2.45) is 10.7 Å². The van der Waals surface area contributed by atoms with Gasteiger partial charge >= 0.3 is 0 Å². The highest BCUT2D eigenvalue weighted by molar-refractivity contribution is 14.0. The largest absolute Gasteiger partial charge is 0.366 e. The summed E-state index contributed by atoms with van der Waals surface area (Å²) in [6.45, 7) is 6.22. The van der Waals surface area contributed by atoms with E-state index in [0.717, 1.165) is 24.6 Å². The average molecular weight is 466 g/mol. The van der Waals surface area contributed by atoms with Gasteiger partial charge in [-0.05, 0) is 42.7 Å². The predicted octanol–water partition coefficient (Wildman–Crippen LogP) is 3.31. The quantitative estimate of drug-likeness (QED) is 0.390. The minimum atomic E-state index is -0.422. The van der Waals surface area contributed by atoms with Gasteiger partial charge in [0.05, 0.1) is 6.54 Å². The molecule has 0 fully saturated rings. The molecule has 2 aromatic carbocycles. The molecule has 0 atom stereocenters. The van der Waals surface area contributed by atoms with Crippen LogP contribution in [-0.2, 0) is 13.1 Å². The number of carbonyl (C=O) groups is 1. The topological polar surface area (TPSA) is 70.7 Å². The van der Waals surface area contributed by atoms with Crippen LogP contribution in [0.25, 0.3) is 0 Å². The number of guanidine groups is 1. The first-order chi connectivity index (χ1) is 12.0. The van der Waals surface area contributed by atoms with Gasteiger partial charge in [-0.15, -0.1) is 24.0 Å². The lowest BCUT2D eigenvalue weighted by Crippen LogP contribution is -2.38. The van der Waals surface area contributed by atoms with E-state index in [2.05, 4.69) is 40.3 Å². The third-order valence-electron chi connectivity index (χ3n) is 3.99. The van der Waals surface area contributed by atoms with E-state index in [0.29, 0.717) is 12.1 Å². The van der Waals surface area contributed by atoms with Gasteiger partial charge in [-0.25, -0.2) is 4.99 Å². The zero-order chi connectivity index (χ0) is 18.2. The number of primary amides is 1. The van der Waals surface area contributed by atoms with Crippen LogP contribution in [0.1, 0.15) is 34.0 Å². The molecular formula is C20H27IN4O. The Bertz CT molecular complexity index is 761. The lowest BCUT2D eigenvalue weighted by Gasteiger charge is -2.23. The van der Waals surface area contributed by atoms with Crippen LogP contribution in [0, 0.1) is 6.92 Å². The maximum atomic E-state index is 11.3. The van der Waals surface area contributed by atoms with Crippen LogP contribution in [0.5, 0.6) is 0 Å². The zero-order valence-corrected chi connectivity index (χ0v) is 17.9. The molecule has 3 N–H and O–H groups in total. The van der Waals surface area contributed by atoms with Gasteiger partial charge in [0.1, 0.15) is 0 Å². The van der Waals surface area contributed by atoms with Gasteiger partial charge in [0.15, 0.2) is 5.96 Å². The van der Waals surface area contributed by atoms with Crippen LogP contribution in [0.4, 0.5) is 0 Å². The fraction of sp³-hybridized carbons (Fsp3) is 0.300. The fourth-order valence-electron chi connectivity index (χ4n) is 2.58. The number of halogens is 1. The molecular weight excluding hydrogens is 439 g/mol. The van der Waals surface area contributed by atoms with E-state index in [1.165, 1.54) is 11.1 Å². The van der Waals surface area contributed by atoms with Crippen LogP contribution in [0.3, 0.4) is 0 Å². The Morgan fingerprint density at radius 1 is 1.19 bits per heavy atom. The molecule has 2 aromatic rings. The lowest BCUT2D eigenvalue weighted by atomic mass is 10.1. The fourth-order valence-corrected chi connectivity index (χ4v) is 2.58. The van der Waals surface area contributed by atoms with Gasteiger partial charge in [0.2, 0.25) is 5.91 Å². The second kappa shape index (κ2) is 10.8. The summed E-state index contributed by atoms with van der Waals surface area (Å²) >= 11 is 0. The highest BCUT2D eigenvalue weighted by Gasteiger charge is 2.08. The molecule has 140 valence electrons. The Morgan fingerprint density at radius 3 is 2.58 bits per heavy atom. The molecule has 0 unspecified atom stereocenters. The van der Waals surface area contributed by atoms with Crippen molar-refractivity contribution in [3.05, 3.63) is 70.8 Å². The highest BCUT2D eigenvalue weighted by Crippen LogP contribution is 2.10. The molecule has 0 aromatic heterocycles. The van der Waals surface area contributed by atoms with E-state index < -0.39 is 5.91 Å². The monoisotopic (exact) mass is 466 g/mol. The lowest BCUT2D eigenvalue weighted by molar-refractivity contribution is 0.1000. The zero-order valence-electron chi connectivity index (χ0n) is 15.5. The summed E-state index contributed by atoms with van der Waals surface area (Å²) < 4.78 is 0. The Labute approximate surface area is 172 Å². The van der Waals surface area contributed by atoms with E-state index in [1.54, 1.807) is 12.1 Å².